The van der Waals surface area contributed by atoms with Crippen molar-refractivity contribution in [3.63, 3.8) is 0 Å². The lowest BCUT2D eigenvalue weighted by atomic mass is 9.92. The summed E-state index contributed by atoms with van der Waals surface area (Å²) < 4.78 is 7.33. The molecule has 84 valence electrons. The third kappa shape index (κ3) is 2.65. The van der Waals surface area contributed by atoms with Crippen LogP contribution in [0.4, 0.5) is 0 Å². The van der Waals surface area contributed by atoms with Crippen molar-refractivity contribution in [1.29, 1.82) is 0 Å². The molecule has 1 fully saturated rings. The lowest BCUT2D eigenvalue weighted by molar-refractivity contribution is -0.111. The van der Waals surface area contributed by atoms with Crippen LogP contribution in [0.25, 0.3) is 0 Å². The van der Waals surface area contributed by atoms with E-state index >= 15 is 0 Å². The van der Waals surface area contributed by atoms with Crippen molar-refractivity contribution >= 4 is 43.2 Å². The Morgan fingerprint density at radius 3 is 3.07 bits per heavy atom. The van der Waals surface area contributed by atoms with Crippen LogP contribution in [-0.2, 0) is 10.3 Å². The van der Waals surface area contributed by atoms with Crippen molar-refractivity contribution in [1.82, 2.24) is 0 Å². The first kappa shape index (κ1) is 12.1. The van der Waals surface area contributed by atoms with Crippen LogP contribution in [0.1, 0.15) is 31.1 Å². The second-order valence-corrected chi connectivity index (χ2v) is 6.62. The van der Waals surface area contributed by atoms with E-state index in [2.05, 4.69) is 50.2 Å². The predicted octanol–water partition coefficient (Wildman–Crippen LogP) is 4.69. The molecule has 1 saturated heterocycles. The fraction of sp³-hybridized carbons (Fsp3) is 0.636. The average molecular weight is 354 g/mol. The molecule has 4 heteroatoms. The third-order valence-corrected chi connectivity index (χ3v) is 5.53. The van der Waals surface area contributed by atoms with Gasteiger partial charge in [-0.2, -0.15) is 0 Å². The van der Waals surface area contributed by atoms with Gasteiger partial charge in [0.15, 0.2) is 0 Å². The molecule has 15 heavy (non-hydrogen) atoms. The van der Waals surface area contributed by atoms with E-state index in [1.165, 1.54) is 17.7 Å². The number of hydrogen-bond donors (Lipinski definition) is 0. The van der Waals surface area contributed by atoms with Gasteiger partial charge in [0, 0.05) is 20.1 Å². The molecule has 2 rings (SSSR count). The Kier molecular flexibility index (Phi) is 3.92. The Morgan fingerprint density at radius 2 is 2.47 bits per heavy atom. The molecule has 0 amide bonds. The van der Waals surface area contributed by atoms with E-state index in [0.29, 0.717) is 6.10 Å². The summed E-state index contributed by atoms with van der Waals surface area (Å²) in [5, 5.41) is 3.07. The molecule has 1 aromatic heterocycles. The zero-order chi connectivity index (χ0) is 10.9. The molecular weight excluding hydrogens is 340 g/mol. The van der Waals surface area contributed by atoms with Crippen molar-refractivity contribution in [3.8, 4) is 0 Å². The normalized spacial score (nSPS) is 31.8. The zero-order valence-corrected chi connectivity index (χ0v) is 12.6. The summed E-state index contributed by atoms with van der Waals surface area (Å²) in [6.45, 7) is 2.21. The first-order valence-electron chi connectivity index (χ1n) is 5.12. The van der Waals surface area contributed by atoms with E-state index in [0.717, 1.165) is 16.2 Å². The van der Waals surface area contributed by atoms with Gasteiger partial charge in [0.2, 0.25) is 0 Å². The number of halogens is 2. The molecule has 0 spiro atoms. The summed E-state index contributed by atoms with van der Waals surface area (Å²) in [4.78, 5) is 1.33. The van der Waals surface area contributed by atoms with Crippen molar-refractivity contribution in [2.75, 3.05) is 5.33 Å². The maximum absolute atomic E-state index is 6.17. The number of hydrogen-bond acceptors (Lipinski definition) is 2. The molecule has 2 heterocycles. The number of thiophene rings is 1. The van der Waals surface area contributed by atoms with Crippen molar-refractivity contribution in [2.45, 2.75) is 37.9 Å². The molecule has 0 bridgehead atoms. The van der Waals surface area contributed by atoms with Crippen LogP contribution < -0.4 is 0 Å². The van der Waals surface area contributed by atoms with Gasteiger partial charge >= 0.3 is 0 Å². The minimum atomic E-state index is -0.0760. The van der Waals surface area contributed by atoms with Crippen molar-refractivity contribution < 1.29 is 4.74 Å². The Hall–Kier alpha value is 0.620. The lowest BCUT2D eigenvalue weighted by Crippen LogP contribution is -2.35. The van der Waals surface area contributed by atoms with E-state index in [9.17, 15) is 0 Å². The molecule has 1 aromatic rings. The van der Waals surface area contributed by atoms with Crippen molar-refractivity contribution in [3.05, 3.63) is 20.8 Å². The highest BCUT2D eigenvalue weighted by molar-refractivity contribution is 9.10. The molecule has 1 nitrogen and oxygen atoms in total. The van der Waals surface area contributed by atoms with Crippen LogP contribution in [-0.4, -0.2) is 11.4 Å². The monoisotopic (exact) mass is 352 g/mol. The van der Waals surface area contributed by atoms with Crippen LogP contribution in [0.15, 0.2) is 15.9 Å². The second kappa shape index (κ2) is 4.86. The molecular formula is C11H14Br2OS. The highest BCUT2D eigenvalue weighted by atomic mass is 79.9. The third-order valence-electron chi connectivity index (χ3n) is 2.87. The van der Waals surface area contributed by atoms with Gasteiger partial charge in [0.1, 0.15) is 0 Å². The van der Waals surface area contributed by atoms with E-state index in [4.69, 9.17) is 4.74 Å². The van der Waals surface area contributed by atoms with Gasteiger partial charge in [0.25, 0.3) is 0 Å². The van der Waals surface area contributed by atoms with Gasteiger partial charge in [-0.25, -0.2) is 0 Å². The van der Waals surface area contributed by atoms with Gasteiger partial charge in [-0.3, -0.25) is 0 Å². The summed E-state index contributed by atoms with van der Waals surface area (Å²) in [7, 11) is 0. The quantitative estimate of drug-likeness (QED) is 0.701. The highest BCUT2D eigenvalue weighted by Gasteiger charge is 2.35. The van der Waals surface area contributed by atoms with E-state index < -0.39 is 0 Å². The summed E-state index contributed by atoms with van der Waals surface area (Å²) in [6, 6.07) is 2.18. The minimum absolute atomic E-state index is 0.0760. The summed E-state index contributed by atoms with van der Waals surface area (Å²) in [6.07, 6.45) is 3.92. The lowest BCUT2D eigenvalue weighted by Gasteiger charge is -2.37. The van der Waals surface area contributed by atoms with Gasteiger partial charge < -0.3 is 4.74 Å². The second-order valence-electron chi connectivity index (χ2n) is 4.15. The molecule has 2 atom stereocenters. The molecule has 0 aromatic carbocycles. The van der Waals surface area contributed by atoms with Gasteiger partial charge in [-0.05, 0) is 48.2 Å². The molecule has 0 aliphatic carbocycles. The number of alkyl halides is 1. The topological polar surface area (TPSA) is 9.23 Å². The van der Waals surface area contributed by atoms with Gasteiger partial charge in [-0.1, -0.05) is 15.9 Å². The molecule has 0 radical (unpaired) electrons. The van der Waals surface area contributed by atoms with Crippen LogP contribution in [0.2, 0.25) is 0 Å². The maximum atomic E-state index is 6.17. The predicted molar refractivity (Wildman–Crippen MR) is 71.9 cm³/mol. The largest absolute Gasteiger partial charge is 0.366 e. The van der Waals surface area contributed by atoms with Crippen LogP contribution in [0.5, 0.6) is 0 Å². The first-order chi connectivity index (χ1) is 7.14. The molecule has 0 saturated carbocycles. The highest BCUT2D eigenvalue weighted by Crippen LogP contribution is 2.41. The van der Waals surface area contributed by atoms with Crippen LogP contribution in [0.3, 0.4) is 0 Å². The number of ether oxygens (including phenoxy) is 1. The van der Waals surface area contributed by atoms with Gasteiger partial charge in [0.05, 0.1) is 11.7 Å². The Balaban J connectivity index is 2.18. The molecule has 0 N–H and O–H groups in total. The molecule has 1 aliphatic heterocycles. The summed E-state index contributed by atoms with van der Waals surface area (Å²) in [5.41, 5.74) is -0.0760. The average Bonchev–Trinajstić information content (AvgIpc) is 2.65. The standard InChI is InChI=1S/C11H14Br2OS/c1-11(10-5-8(13)7-15-10)4-2-3-9(6-12)14-11/h5,7,9H,2-4,6H2,1H3. The Bertz CT molecular complexity index is 339. The van der Waals surface area contributed by atoms with Gasteiger partial charge in [-0.15, -0.1) is 11.3 Å². The summed E-state index contributed by atoms with van der Waals surface area (Å²) in [5.74, 6) is 0. The Morgan fingerprint density at radius 1 is 1.67 bits per heavy atom. The maximum Gasteiger partial charge on any atom is 0.0999 e. The van der Waals surface area contributed by atoms with Crippen molar-refractivity contribution in [2.24, 2.45) is 0 Å². The van der Waals surface area contributed by atoms with Crippen LogP contribution in [0, 0.1) is 0 Å². The van der Waals surface area contributed by atoms with E-state index in [1.807, 2.05) is 0 Å². The molecule has 2 unspecified atom stereocenters. The fourth-order valence-corrected chi connectivity index (χ4v) is 4.05. The first-order valence-corrected chi connectivity index (χ1v) is 7.92. The minimum Gasteiger partial charge on any atom is -0.366 e. The zero-order valence-electron chi connectivity index (χ0n) is 8.63. The van der Waals surface area contributed by atoms with E-state index in [-0.39, 0.29) is 5.60 Å². The fourth-order valence-electron chi connectivity index (χ4n) is 2.03. The Labute approximate surface area is 111 Å². The van der Waals surface area contributed by atoms with E-state index in [1.54, 1.807) is 11.3 Å². The molecule has 1 aliphatic rings. The van der Waals surface area contributed by atoms with Crippen LogP contribution >= 0.6 is 43.2 Å². The summed E-state index contributed by atoms with van der Waals surface area (Å²) >= 11 is 8.79. The smallest absolute Gasteiger partial charge is 0.0999 e. The number of rotatable bonds is 2. The SMILES string of the molecule is CC1(c2cc(Br)cs2)CCCC(CBr)O1.